The molecule has 0 saturated heterocycles. The molecule has 0 unspecified atom stereocenters. The van der Waals surface area contributed by atoms with E-state index in [4.69, 9.17) is 5.11 Å². The summed E-state index contributed by atoms with van der Waals surface area (Å²) in [5, 5.41) is 13.6. The summed E-state index contributed by atoms with van der Waals surface area (Å²) in [6, 6.07) is 9.08. The Balaban J connectivity index is 2.15. The third-order valence-corrected chi connectivity index (χ3v) is 4.79. The van der Waals surface area contributed by atoms with E-state index in [0.29, 0.717) is 16.0 Å². The van der Waals surface area contributed by atoms with Crippen LogP contribution in [0.4, 0.5) is 0 Å². The number of aliphatic carboxylic acids is 1. The highest BCUT2D eigenvalue weighted by Crippen LogP contribution is 2.29. The largest absolute Gasteiger partial charge is 0.481 e. The number of carboxylic acid groups (broad SMARTS) is 1. The van der Waals surface area contributed by atoms with Crippen molar-refractivity contribution in [1.29, 1.82) is 0 Å². The van der Waals surface area contributed by atoms with Gasteiger partial charge in [0.15, 0.2) is 0 Å². The molecule has 3 rings (SSSR count). The first-order valence-electron chi connectivity index (χ1n) is 5.95. The zero-order valence-electron chi connectivity index (χ0n) is 10.3. The zero-order valence-corrected chi connectivity index (χ0v) is 12.0. The van der Waals surface area contributed by atoms with Gasteiger partial charge in [-0.1, -0.05) is 6.07 Å². The summed E-state index contributed by atoms with van der Waals surface area (Å²) in [4.78, 5) is 24.1. The van der Waals surface area contributed by atoms with Gasteiger partial charge in [0.1, 0.15) is 0 Å². The third kappa shape index (κ3) is 2.37. The number of carbonyl (C=O) groups excluding carboxylic acids is 1. The molecule has 0 amide bonds. The zero-order chi connectivity index (χ0) is 14.1. The molecule has 0 aliphatic rings. The molecule has 1 N–H and O–H groups in total. The quantitative estimate of drug-likeness (QED) is 0.745. The second-order valence-electron chi connectivity index (χ2n) is 4.36. The minimum Gasteiger partial charge on any atom is -0.481 e. The SMILES string of the molecule is O=C(O)Cc1cc(C(=O)c2cccs2)c2sccc2c1. The van der Waals surface area contributed by atoms with E-state index in [1.54, 1.807) is 12.1 Å². The number of hydrogen-bond acceptors (Lipinski definition) is 4. The minimum absolute atomic E-state index is 0.0420. The molecule has 0 fully saturated rings. The molecular weight excluding hydrogens is 292 g/mol. The van der Waals surface area contributed by atoms with Crippen LogP contribution in [0, 0.1) is 0 Å². The van der Waals surface area contributed by atoms with Crippen molar-refractivity contribution >= 4 is 44.5 Å². The van der Waals surface area contributed by atoms with Crippen LogP contribution in [0.3, 0.4) is 0 Å². The molecule has 3 aromatic rings. The Morgan fingerprint density at radius 2 is 1.95 bits per heavy atom. The summed E-state index contributed by atoms with van der Waals surface area (Å²) in [5.41, 5.74) is 1.25. The highest BCUT2D eigenvalue weighted by Gasteiger charge is 2.16. The highest BCUT2D eigenvalue weighted by atomic mass is 32.1. The number of hydrogen-bond donors (Lipinski definition) is 1. The van der Waals surface area contributed by atoms with Crippen molar-refractivity contribution in [3.8, 4) is 0 Å². The van der Waals surface area contributed by atoms with Gasteiger partial charge in [0.2, 0.25) is 5.78 Å². The standard InChI is InChI=1S/C15H10O3S2/c16-13(17)8-9-6-10-3-5-20-15(10)11(7-9)14(18)12-2-1-4-19-12/h1-7H,8H2,(H,16,17). The summed E-state index contributed by atoms with van der Waals surface area (Å²) in [7, 11) is 0. The smallest absolute Gasteiger partial charge is 0.307 e. The van der Waals surface area contributed by atoms with Crippen molar-refractivity contribution in [2.75, 3.05) is 0 Å². The van der Waals surface area contributed by atoms with Crippen LogP contribution in [0.5, 0.6) is 0 Å². The maximum absolute atomic E-state index is 12.5. The average molecular weight is 302 g/mol. The van der Waals surface area contributed by atoms with Gasteiger partial charge < -0.3 is 5.11 Å². The lowest BCUT2D eigenvalue weighted by atomic mass is 10.0. The van der Waals surface area contributed by atoms with Crippen LogP contribution in [0.1, 0.15) is 20.8 Å². The molecule has 0 bridgehead atoms. The first-order chi connectivity index (χ1) is 9.65. The van der Waals surface area contributed by atoms with Gasteiger partial charge in [0.25, 0.3) is 0 Å². The Morgan fingerprint density at radius 3 is 2.65 bits per heavy atom. The average Bonchev–Trinajstić information content (AvgIpc) is 3.07. The fourth-order valence-corrected chi connectivity index (χ4v) is 3.70. The molecule has 2 heterocycles. The van der Waals surface area contributed by atoms with Gasteiger partial charge in [-0.3, -0.25) is 9.59 Å². The fraction of sp³-hybridized carbons (Fsp3) is 0.0667. The van der Waals surface area contributed by atoms with Crippen molar-refractivity contribution < 1.29 is 14.7 Å². The Morgan fingerprint density at radius 1 is 1.10 bits per heavy atom. The number of benzene rings is 1. The lowest BCUT2D eigenvalue weighted by Gasteiger charge is -2.05. The minimum atomic E-state index is -0.894. The number of ketones is 1. The first-order valence-corrected chi connectivity index (χ1v) is 7.71. The second kappa shape index (κ2) is 5.19. The second-order valence-corrected chi connectivity index (χ2v) is 6.22. The fourth-order valence-electron chi connectivity index (χ4n) is 2.13. The number of thiophene rings is 2. The molecule has 0 radical (unpaired) electrons. The third-order valence-electron chi connectivity index (χ3n) is 2.96. The van der Waals surface area contributed by atoms with E-state index in [1.807, 2.05) is 29.0 Å². The van der Waals surface area contributed by atoms with E-state index in [1.165, 1.54) is 22.7 Å². The van der Waals surface area contributed by atoms with E-state index in [0.717, 1.165) is 10.1 Å². The lowest BCUT2D eigenvalue weighted by Crippen LogP contribution is -2.04. The van der Waals surface area contributed by atoms with Gasteiger partial charge in [0.05, 0.1) is 11.3 Å². The highest BCUT2D eigenvalue weighted by molar-refractivity contribution is 7.18. The molecule has 2 aromatic heterocycles. The van der Waals surface area contributed by atoms with Crippen LogP contribution in [0.15, 0.2) is 41.1 Å². The molecule has 100 valence electrons. The Hall–Kier alpha value is -1.98. The lowest BCUT2D eigenvalue weighted by molar-refractivity contribution is -0.136. The number of fused-ring (bicyclic) bond motifs is 1. The number of carboxylic acids is 1. The maximum Gasteiger partial charge on any atom is 0.307 e. The van der Waals surface area contributed by atoms with Crippen LogP contribution in [-0.4, -0.2) is 16.9 Å². The van der Waals surface area contributed by atoms with Gasteiger partial charge in [-0.05, 0) is 46.0 Å². The summed E-state index contributed by atoms with van der Waals surface area (Å²) >= 11 is 2.90. The van der Waals surface area contributed by atoms with Gasteiger partial charge in [0, 0.05) is 10.3 Å². The molecule has 5 heteroatoms. The molecule has 0 aliphatic heterocycles. The van der Waals surface area contributed by atoms with Crippen molar-refractivity contribution in [3.05, 3.63) is 57.1 Å². The summed E-state index contributed by atoms with van der Waals surface area (Å²) in [6.45, 7) is 0. The van der Waals surface area contributed by atoms with Gasteiger partial charge in [-0.25, -0.2) is 0 Å². The molecular formula is C15H10O3S2. The van der Waals surface area contributed by atoms with Crippen LogP contribution in [0.2, 0.25) is 0 Å². The number of carbonyl (C=O) groups is 2. The van der Waals surface area contributed by atoms with Crippen molar-refractivity contribution in [2.45, 2.75) is 6.42 Å². The first kappa shape index (κ1) is 13.0. The summed E-state index contributed by atoms with van der Waals surface area (Å²) < 4.78 is 0.914. The molecule has 0 atom stereocenters. The van der Waals surface area contributed by atoms with E-state index in [9.17, 15) is 9.59 Å². The van der Waals surface area contributed by atoms with Crippen molar-refractivity contribution in [1.82, 2.24) is 0 Å². The van der Waals surface area contributed by atoms with Crippen LogP contribution in [-0.2, 0) is 11.2 Å². The van der Waals surface area contributed by atoms with Gasteiger partial charge >= 0.3 is 5.97 Å². The maximum atomic E-state index is 12.5. The van der Waals surface area contributed by atoms with Crippen LogP contribution >= 0.6 is 22.7 Å². The van der Waals surface area contributed by atoms with Crippen molar-refractivity contribution in [3.63, 3.8) is 0 Å². The predicted octanol–water partition coefficient (Wildman–Crippen LogP) is 3.82. The molecule has 3 nitrogen and oxygen atoms in total. The van der Waals surface area contributed by atoms with Crippen molar-refractivity contribution in [2.24, 2.45) is 0 Å². The summed E-state index contributed by atoms with van der Waals surface area (Å²) in [6.07, 6.45) is -0.0729. The van der Waals surface area contributed by atoms with Gasteiger partial charge in [-0.15, -0.1) is 22.7 Å². The van der Waals surface area contributed by atoms with E-state index < -0.39 is 5.97 Å². The Labute approximate surface area is 123 Å². The van der Waals surface area contributed by atoms with Crippen LogP contribution < -0.4 is 0 Å². The van der Waals surface area contributed by atoms with E-state index in [2.05, 4.69) is 0 Å². The van der Waals surface area contributed by atoms with E-state index in [-0.39, 0.29) is 12.2 Å². The van der Waals surface area contributed by atoms with Gasteiger partial charge in [-0.2, -0.15) is 0 Å². The molecule has 20 heavy (non-hydrogen) atoms. The molecule has 0 spiro atoms. The summed E-state index contributed by atoms with van der Waals surface area (Å²) in [5.74, 6) is -0.936. The molecule has 0 aliphatic carbocycles. The molecule has 0 saturated carbocycles. The Kier molecular flexibility index (Phi) is 3.38. The topological polar surface area (TPSA) is 54.4 Å². The predicted molar refractivity (Wildman–Crippen MR) is 80.9 cm³/mol. The normalized spacial score (nSPS) is 10.8. The molecule has 1 aromatic carbocycles. The monoisotopic (exact) mass is 302 g/mol. The van der Waals surface area contributed by atoms with E-state index >= 15 is 0 Å². The Bertz CT molecular complexity index is 785. The number of rotatable bonds is 4. The van der Waals surface area contributed by atoms with Crippen LogP contribution in [0.25, 0.3) is 10.1 Å².